The summed E-state index contributed by atoms with van der Waals surface area (Å²) in [5, 5.41) is 12.5. The van der Waals surface area contributed by atoms with Crippen molar-refractivity contribution in [1.29, 1.82) is 0 Å². The minimum absolute atomic E-state index is 0.0106. The molecule has 1 amide bonds. The quantitative estimate of drug-likeness (QED) is 0.471. The summed E-state index contributed by atoms with van der Waals surface area (Å²) < 4.78 is 7.08. The summed E-state index contributed by atoms with van der Waals surface area (Å²) in [5.74, 6) is 1.84. The van der Waals surface area contributed by atoms with Crippen LogP contribution in [0.3, 0.4) is 0 Å². The Labute approximate surface area is 193 Å². The zero-order chi connectivity index (χ0) is 22.7. The molecule has 4 aromatic rings. The van der Waals surface area contributed by atoms with Crippen LogP contribution in [0.4, 0.5) is 11.6 Å². The number of hydrogen-bond donors (Lipinski definition) is 2. The molecule has 1 aliphatic heterocycles. The van der Waals surface area contributed by atoms with Gasteiger partial charge in [-0.1, -0.05) is 16.8 Å². The minimum atomic E-state index is -0.194. The Kier molecular flexibility index (Phi) is 4.51. The Morgan fingerprint density at radius 2 is 2.15 bits per heavy atom. The molecule has 2 aliphatic rings. The molecule has 1 aromatic carbocycles. The van der Waals surface area contributed by atoms with Gasteiger partial charge in [0.05, 0.1) is 33.7 Å². The Hall–Kier alpha value is -3.66. The number of fused-ring (bicyclic) bond motifs is 3. The van der Waals surface area contributed by atoms with Gasteiger partial charge in [0.2, 0.25) is 5.58 Å². The number of aromatic nitrogens is 5. The van der Waals surface area contributed by atoms with Crippen LogP contribution in [0, 0.1) is 12.8 Å². The fraction of sp³-hybridized carbons (Fsp3) is 0.318. The van der Waals surface area contributed by atoms with E-state index in [2.05, 4.69) is 30.4 Å². The fourth-order valence-corrected chi connectivity index (χ4v) is 5.33. The molecule has 4 heterocycles. The molecule has 0 spiro atoms. The van der Waals surface area contributed by atoms with Crippen LogP contribution in [0.15, 0.2) is 41.3 Å². The van der Waals surface area contributed by atoms with E-state index in [1.165, 1.54) is 0 Å². The normalized spacial score (nSPS) is 21.8. The summed E-state index contributed by atoms with van der Waals surface area (Å²) in [7, 11) is 0. The van der Waals surface area contributed by atoms with Gasteiger partial charge in [-0.25, -0.2) is 14.6 Å². The second-order valence-electron chi connectivity index (χ2n) is 8.54. The number of amides is 1. The molecule has 33 heavy (non-hydrogen) atoms. The first-order chi connectivity index (χ1) is 16.0. The molecule has 2 fully saturated rings. The lowest BCUT2D eigenvalue weighted by Crippen LogP contribution is -2.44. The average Bonchev–Trinajstić information content (AvgIpc) is 3.58. The van der Waals surface area contributed by atoms with Crippen molar-refractivity contribution in [3.63, 3.8) is 0 Å². The van der Waals surface area contributed by atoms with E-state index in [1.54, 1.807) is 35.4 Å². The van der Waals surface area contributed by atoms with E-state index in [4.69, 9.17) is 21.9 Å². The number of nitrogen functional groups attached to an aromatic ring is 1. The van der Waals surface area contributed by atoms with Crippen molar-refractivity contribution in [2.75, 3.05) is 17.2 Å². The standard InChI is InChI=1S/C22H21ClN8O2/c1-11-26-10-31(28-11)13-3-4-14(16(23)8-13)22(32)27-18-12-2-5-17(18)30(9-12)21-19-15(6-7-25-21)20(24)29-33-19/h3-4,6-8,10,12,17-18H,2,5,9H2,1H3,(H2,24,29)(H,27,32)/t12-,17-,18+/m0/s1. The van der Waals surface area contributed by atoms with Gasteiger partial charge >= 0.3 is 0 Å². The van der Waals surface area contributed by atoms with E-state index in [1.807, 2.05) is 13.0 Å². The molecule has 1 saturated heterocycles. The molecule has 11 heteroatoms. The Morgan fingerprint density at radius 1 is 1.27 bits per heavy atom. The van der Waals surface area contributed by atoms with E-state index in [0.717, 1.165) is 30.5 Å². The van der Waals surface area contributed by atoms with Gasteiger partial charge in [-0.15, -0.1) is 0 Å². The largest absolute Gasteiger partial charge is 0.380 e. The maximum Gasteiger partial charge on any atom is 0.253 e. The predicted octanol–water partition coefficient (Wildman–Crippen LogP) is 2.74. The van der Waals surface area contributed by atoms with E-state index in [0.29, 0.717) is 39.5 Å². The highest BCUT2D eigenvalue weighted by atomic mass is 35.5. The van der Waals surface area contributed by atoms with Crippen LogP contribution in [0.1, 0.15) is 29.0 Å². The number of rotatable bonds is 4. The van der Waals surface area contributed by atoms with Crippen molar-refractivity contribution in [2.24, 2.45) is 5.92 Å². The smallest absolute Gasteiger partial charge is 0.253 e. The minimum Gasteiger partial charge on any atom is -0.380 e. The van der Waals surface area contributed by atoms with Gasteiger partial charge in [-0.3, -0.25) is 4.79 Å². The van der Waals surface area contributed by atoms with Gasteiger partial charge in [-0.05, 0) is 49.9 Å². The number of aryl methyl sites for hydroxylation is 1. The number of nitrogens with zero attached hydrogens (tertiary/aromatic N) is 6. The summed E-state index contributed by atoms with van der Waals surface area (Å²) >= 11 is 6.47. The first-order valence-electron chi connectivity index (χ1n) is 10.7. The molecule has 6 rings (SSSR count). The van der Waals surface area contributed by atoms with Crippen LogP contribution in [0.25, 0.3) is 16.7 Å². The third-order valence-corrected chi connectivity index (χ3v) is 6.93. The maximum absolute atomic E-state index is 13.1. The second kappa shape index (κ2) is 7.45. The van der Waals surface area contributed by atoms with Crippen LogP contribution < -0.4 is 16.0 Å². The van der Waals surface area contributed by atoms with Gasteiger partial charge in [-0.2, -0.15) is 5.10 Å². The molecule has 0 radical (unpaired) electrons. The number of anilines is 2. The number of nitrogens with two attached hydrogens (primary N) is 1. The first-order valence-corrected chi connectivity index (χ1v) is 11.1. The number of piperidine rings is 1. The number of nitrogens with one attached hydrogen (secondary N) is 1. The van der Waals surface area contributed by atoms with Crippen molar-refractivity contribution < 1.29 is 9.32 Å². The summed E-state index contributed by atoms with van der Waals surface area (Å²) in [5.41, 5.74) is 7.66. The SMILES string of the molecule is Cc1ncn(-c2ccc(C(=O)N[C@@H]3[C@H]4CC[C@@H]3N(c3nccc5c(N)noc35)C4)c(Cl)c2)n1. The van der Waals surface area contributed by atoms with Gasteiger partial charge < -0.3 is 20.5 Å². The number of pyridine rings is 1. The first kappa shape index (κ1) is 20.0. The monoisotopic (exact) mass is 464 g/mol. The van der Waals surface area contributed by atoms with Gasteiger partial charge in [0.15, 0.2) is 11.6 Å². The highest BCUT2D eigenvalue weighted by Gasteiger charge is 2.48. The number of halogens is 1. The molecule has 3 N–H and O–H groups in total. The van der Waals surface area contributed by atoms with E-state index in [-0.39, 0.29) is 18.0 Å². The molecule has 3 aromatic heterocycles. The molecule has 10 nitrogen and oxygen atoms in total. The zero-order valence-electron chi connectivity index (χ0n) is 17.8. The topological polar surface area (TPSA) is 128 Å². The molecular weight excluding hydrogens is 444 g/mol. The highest BCUT2D eigenvalue weighted by Crippen LogP contribution is 2.42. The van der Waals surface area contributed by atoms with Crippen LogP contribution in [0.2, 0.25) is 5.02 Å². The molecule has 3 atom stereocenters. The average molecular weight is 465 g/mol. The van der Waals surface area contributed by atoms with Crippen molar-refractivity contribution in [1.82, 2.24) is 30.2 Å². The second-order valence-corrected chi connectivity index (χ2v) is 8.94. The van der Waals surface area contributed by atoms with Crippen molar-refractivity contribution in [3.8, 4) is 5.69 Å². The van der Waals surface area contributed by atoms with Crippen molar-refractivity contribution in [2.45, 2.75) is 31.8 Å². The lowest BCUT2D eigenvalue weighted by Gasteiger charge is -2.28. The lowest BCUT2D eigenvalue weighted by atomic mass is 10.1. The third kappa shape index (κ3) is 3.20. The molecule has 0 unspecified atom stereocenters. The highest BCUT2D eigenvalue weighted by molar-refractivity contribution is 6.34. The number of hydrogen-bond acceptors (Lipinski definition) is 8. The number of benzene rings is 1. The van der Waals surface area contributed by atoms with Crippen LogP contribution in [-0.2, 0) is 0 Å². The Balaban J connectivity index is 1.23. The number of carbonyl (C=O) groups excluding carboxylic acids is 1. The van der Waals surface area contributed by atoms with Crippen LogP contribution in [0.5, 0.6) is 0 Å². The van der Waals surface area contributed by atoms with Gasteiger partial charge in [0.1, 0.15) is 12.2 Å². The van der Waals surface area contributed by atoms with Crippen LogP contribution >= 0.6 is 11.6 Å². The number of carbonyl (C=O) groups is 1. The van der Waals surface area contributed by atoms with E-state index >= 15 is 0 Å². The summed E-state index contributed by atoms with van der Waals surface area (Å²) in [4.78, 5) is 24.0. The Bertz CT molecular complexity index is 1380. The summed E-state index contributed by atoms with van der Waals surface area (Å²) in [6.45, 7) is 2.59. The zero-order valence-corrected chi connectivity index (χ0v) is 18.5. The summed E-state index contributed by atoms with van der Waals surface area (Å²) in [6.07, 6.45) is 5.32. The molecular formula is C22H21ClN8O2. The van der Waals surface area contributed by atoms with Crippen LogP contribution in [-0.4, -0.2) is 49.4 Å². The van der Waals surface area contributed by atoms with E-state index < -0.39 is 0 Å². The molecule has 168 valence electrons. The van der Waals surface area contributed by atoms with E-state index in [9.17, 15) is 4.79 Å². The van der Waals surface area contributed by atoms with Crippen molar-refractivity contribution in [3.05, 3.63) is 53.2 Å². The van der Waals surface area contributed by atoms with Gasteiger partial charge in [0, 0.05) is 12.7 Å². The fourth-order valence-electron chi connectivity index (χ4n) is 5.07. The predicted molar refractivity (Wildman–Crippen MR) is 122 cm³/mol. The van der Waals surface area contributed by atoms with Gasteiger partial charge in [0.25, 0.3) is 5.91 Å². The third-order valence-electron chi connectivity index (χ3n) is 6.62. The lowest BCUT2D eigenvalue weighted by molar-refractivity contribution is 0.0932. The summed E-state index contributed by atoms with van der Waals surface area (Å²) in [6, 6.07) is 7.15. The molecule has 1 saturated carbocycles. The maximum atomic E-state index is 13.1. The molecule has 1 aliphatic carbocycles. The van der Waals surface area contributed by atoms with Crippen molar-refractivity contribution >= 4 is 40.1 Å². The Morgan fingerprint density at radius 3 is 2.94 bits per heavy atom. The molecule has 2 bridgehead atoms.